The second kappa shape index (κ2) is 5.00. The number of benzene rings is 1. The van der Waals surface area contributed by atoms with Gasteiger partial charge in [-0.2, -0.15) is 13.2 Å². The van der Waals surface area contributed by atoms with Crippen LogP contribution in [0.15, 0.2) is 12.1 Å². The molecular weight excluding hydrogens is 372 g/mol. The van der Waals surface area contributed by atoms with Gasteiger partial charge < -0.3 is 10.2 Å². The molecule has 98 valence electrons. The van der Waals surface area contributed by atoms with Crippen molar-refractivity contribution in [3.05, 3.63) is 32.4 Å². The molecule has 18 heavy (non-hydrogen) atoms. The Balaban J connectivity index is 3.68. The molecule has 0 spiro atoms. The highest BCUT2D eigenvalue weighted by atomic mass is 127. The van der Waals surface area contributed by atoms with E-state index >= 15 is 0 Å². The maximum atomic E-state index is 12.6. The van der Waals surface area contributed by atoms with Crippen molar-refractivity contribution < 1.29 is 36.0 Å². The molecule has 0 bridgehead atoms. The fraction of sp³-hybridized carbons (Fsp3) is 0.111. The predicted molar refractivity (Wildman–Crippen MR) is 58.8 cm³/mol. The van der Waals surface area contributed by atoms with Crippen LogP contribution in [0.5, 0.6) is 0 Å². The largest absolute Gasteiger partial charge is 0.478 e. The molecule has 0 unspecified atom stereocenters. The van der Waals surface area contributed by atoms with Gasteiger partial charge in [0.25, 0.3) is 0 Å². The van der Waals surface area contributed by atoms with E-state index in [1.807, 2.05) is 0 Å². The van der Waals surface area contributed by atoms with E-state index in [0.717, 1.165) is 0 Å². The highest BCUT2D eigenvalue weighted by Gasteiger charge is 2.37. The van der Waals surface area contributed by atoms with Crippen molar-refractivity contribution in [1.82, 2.24) is 0 Å². The Bertz CT molecular complexity index is 538. The maximum absolute atomic E-state index is 12.6. The molecular formula is C9H4F3IO5. The van der Waals surface area contributed by atoms with Crippen LogP contribution in [0.25, 0.3) is 0 Å². The SMILES string of the molecule is O=Ic1cc(C(=O)O)c(C(F)(F)F)cc1C(=O)O. The molecule has 0 aromatic heterocycles. The second-order valence-corrected chi connectivity index (χ2v) is 4.67. The summed E-state index contributed by atoms with van der Waals surface area (Å²) in [6, 6.07) is 0.688. The molecule has 5 nitrogen and oxygen atoms in total. The third-order valence-electron chi connectivity index (χ3n) is 1.96. The molecule has 1 rings (SSSR count). The Morgan fingerprint density at radius 2 is 1.56 bits per heavy atom. The van der Waals surface area contributed by atoms with Crippen molar-refractivity contribution in [2.45, 2.75) is 6.18 Å². The first kappa shape index (κ1) is 14.5. The zero-order valence-electron chi connectivity index (χ0n) is 8.29. The number of carboxylic acids is 2. The number of carboxylic acid groups (broad SMARTS) is 2. The summed E-state index contributed by atoms with van der Waals surface area (Å²) < 4.78 is 48.1. The summed E-state index contributed by atoms with van der Waals surface area (Å²) in [6.45, 7) is 0. The van der Waals surface area contributed by atoms with Gasteiger partial charge in [-0.05, 0) is 12.1 Å². The van der Waals surface area contributed by atoms with Crippen molar-refractivity contribution >= 4 is 33.1 Å². The molecule has 0 radical (unpaired) electrons. The molecule has 0 aliphatic carbocycles. The van der Waals surface area contributed by atoms with Gasteiger partial charge in [-0.3, -0.25) is 3.07 Å². The van der Waals surface area contributed by atoms with Gasteiger partial charge in [-0.25, -0.2) is 9.59 Å². The van der Waals surface area contributed by atoms with Gasteiger partial charge in [-0.1, -0.05) is 0 Å². The van der Waals surface area contributed by atoms with E-state index in [1.165, 1.54) is 0 Å². The summed E-state index contributed by atoms with van der Waals surface area (Å²) in [6.07, 6.45) is -5.00. The number of halogens is 4. The van der Waals surface area contributed by atoms with Crippen LogP contribution >= 0.6 is 21.2 Å². The minimum atomic E-state index is -5.00. The van der Waals surface area contributed by atoms with Gasteiger partial charge in [0.2, 0.25) is 0 Å². The highest BCUT2D eigenvalue weighted by molar-refractivity contribution is 14.1. The van der Waals surface area contributed by atoms with E-state index in [1.54, 1.807) is 0 Å². The van der Waals surface area contributed by atoms with E-state index in [-0.39, 0.29) is 6.07 Å². The normalized spacial score (nSPS) is 11.3. The molecule has 2 N–H and O–H groups in total. The van der Waals surface area contributed by atoms with Crippen LogP contribution in [0.1, 0.15) is 26.3 Å². The van der Waals surface area contributed by atoms with Gasteiger partial charge >= 0.3 is 18.1 Å². The summed E-state index contributed by atoms with van der Waals surface area (Å²) in [4.78, 5) is 21.4. The smallest absolute Gasteiger partial charge is 0.417 e. The summed E-state index contributed by atoms with van der Waals surface area (Å²) in [5.41, 5.74) is -3.48. The summed E-state index contributed by atoms with van der Waals surface area (Å²) >= 11 is -2.10. The van der Waals surface area contributed by atoms with Crippen LogP contribution in [-0.2, 0) is 9.25 Å². The summed E-state index contributed by atoms with van der Waals surface area (Å²) in [5, 5.41) is 17.3. The lowest BCUT2D eigenvalue weighted by Crippen LogP contribution is -2.15. The van der Waals surface area contributed by atoms with Crippen LogP contribution < -0.4 is 0 Å². The Labute approximate surface area is 108 Å². The van der Waals surface area contributed by atoms with Crippen molar-refractivity contribution in [3.63, 3.8) is 0 Å². The van der Waals surface area contributed by atoms with Crippen molar-refractivity contribution in [1.29, 1.82) is 0 Å². The minimum absolute atomic E-state index is 0.193. The zero-order chi connectivity index (χ0) is 14.1. The van der Waals surface area contributed by atoms with E-state index in [4.69, 9.17) is 10.2 Å². The summed E-state index contributed by atoms with van der Waals surface area (Å²) in [7, 11) is 0. The molecule has 0 amide bonds. The molecule has 0 saturated heterocycles. The summed E-state index contributed by atoms with van der Waals surface area (Å²) in [5.74, 6) is -3.55. The van der Waals surface area contributed by atoms with Crippen LogP contribution in [0.3, 0.4) is 0 Å². The Morgan fingerprint density at radius 3 is 1.89 bits per heavy atom. The zero-order valence-corrected chi connectivity index (χ0v) is 10.4. The van der Waals surface area contributed by atoms with E-state index < -0.39 is 59.6 Å². The van der Waals surface area contributed by atoms with Gasteiger partial charge in [0.05, 0.1) is 20.3 Å². The topological polar surface area (TPSA) is 91.7 Å². The Hall–Kier alpha value is -1.52. The van der Waals surface area contributed by atoms with Gasteiger partial charge in [0, 0.05) is 0 Å². The fourth-order valence-electron chi connectivity index (χ4n) is 1.21. The first-order valence-electron chi connectivity index (χ1n) is 4.17. The molecule has 1 aromatic carbocycles. The third kappa shape index (κ3) is 2.83. The first-order chi connectivity index (χ1) is 8.18. The lowest BCUT2D eigenvalue weighted by molar-refractivity contribution is -0.138. The maximum Gasteiger partial charge on any atom is 0.417 e. The molecule has 1 aromatic rings. The lowest BCUT2D eigenvalue weighted by atomic mass is 10.0. The lowest BCUT2D eigenvalue weighted by Gasteiger charge is -2.11. The number of carbonyl (C=O) groups is 2. The van der Waals surface area contributed by atoms with Gasteiger partial charge in [-0.15, -0.1) is 0 Å². The molecule has 0 aliphatic heterocycles. The van der Waals surface area contributed by atoms with Crippen molar-refractivity contribution in [2.75, 3.05) is 0 Å². The number of rotatable bonds is 3. The van der Waals surface area contributed by atoms with E-state index in [2.05, 4.69) is 0 Å². The van der Waals surface area contributed by atoms with E-state index in [9.17, 15) is 25.8 Å². The quantitative estimate of drug-likeness (QED) is 0.792. The average Bonchev–Trinajstić information content (AvgIpc) is 2.25. The van der Waals surface area contributed by atoms with Crippen LogP contribution in [-0.4, -0.2) is 22.2 Å². The second-order valence-electron chi connectivity index (χ2n) is 3.06. The molecule has 0 saturated carbocycles. The standard InChI is InChI=1S/C9H4F3IO5/c10-9(11,12)5-1-4(8(16)17)6(13-18)2-3(5)7(14)15/h1-2H,(H,14,15)(H,16,17). The fourth-order valence-corrected chi connectivity index (χ4v) is 2.27. The molecule has 0 aliphatic rings. The first-order valence-corrected chi connectivity index (χ1v) is 6.13. The molecule has 9 heteroatoms. The highest BCUT2D eigenvalue weighted by Crippen LogP contribution is 2.34. The number of aromatic carboxylic acids is 2. The molecule has 0 fully saturated rings. The number of hydrogen-bond acceptors (Lipinski definition) is 3. The molecule has 0 atom stereocenters. The van der Waals surface area contributed by atoms with Crippen LogP contribution in [0, 0.1) is 3.57 Å². The molecule has 0 heterocycles. The van der Waals surface area contributed by atoms with Gasteiger partial charge in [0.15, 0.2) is 21.2 Å². The number of alkyl halides is 3. The van der Waals surface area contributed by atoms with Crippen LogP contribution in [0.4, 0.5) is 13.2 Å². The number of hydrogen-bond donors (Lipinski definition) is 2. The van der Waals surface area contributed by atoms with Crippen LogP contribution in [0.2, 0.25) is 0 Å². The Kier molecular flexibility index (Phi) is 4.04. The predicted octanol–water partition coefficient (Wildman–Crippen LogP) is 2.59. The minimum Gasteiger partial charge on any atom is -0.478 e. The van der Waals surface area contributed by atoms with Gasteiger partial charge in [0.1, 0.15) is 0 Å². The van der Waals surface area contributed by atoms with Crippen molar-refractivity contribution in [2.24, 2.45) is 0 Å². The Morgan fingerprint density at radius 1 is 1.06 bits per heavy atom. The van der Waals surface area contributed by atoms with E-state index in [0.29, 0.717) is 6.07 Å². The van der Waals surface area contributed by atoms with Crippen molar-refractivity contribution in [3.8, 4) is 0 Å². The third-order valence-corrected chi connectivity index (χ3v) is 3.32. The monoisotopic (exact) mass is 376 g/mol. The average molecular weight is 376 g/mol.